The van der Waals surface area contributed by atoms with Crippen LogP contribution < -0.4 is 11.3 Å². The molecule has 9 heteroatoms. The van der Waals surface area contributed by atoms with Crippen molar-refractivity contribution in [2.75, 3.05) is 12.0 Å². The molecule has 0 unspecified atom stereocenters. The molecular formula is C8H11N3O5S. The summed E-state index contributed by atoms with van der Waals surface area (Å²) in [7, 11) is -3.66. The molecule has 0 aliphatic heterocycles. The van der Waals surface area contributed by atoms with Gasteiger partial charge in [0, 0.05) is 12.7 Å². The van der Waals surface area contributed by atoms with Gasteiger partial charge in [-0.05, 0) is 6.42 Å². The molecule has 1 rings (SSSR count). The van der Waals surface area contributed by atoms with Crippen molar-refractivity contribution in [1.29, 1.82) is 0 Å². The molecule has 94 valence electrons. The number of carbonyl (C=O) groups is 1. The monoisotopic (exact) mass is 261 g/mol. The molecule has 1 heterocycles. The summed E-state index contributed by atoms with van der Waals surface area (Å²) < 4.78 is 22.3. The number of rotatable bonds is 4. The lowest BCUT2D eigenvalue weighted by Gasteiger charge is -2.04. The van der Waals surface area contributed by atoms with E-state index in [1.807, 2.05) is 0 Å². The van der Waals surface area contributed by atoms with E-state index < -0.39 is 26.5 Å². The van der Waals surface area contributed by atoms with Crippen LogP contribution in [0.3, 0.4) is 0 Å². The van der Waals surface area contributed by atoms with Gasteiger partial charge in [-0.3, -0.25) is 14.6 Å². The quantitative estimate of drug-likeness (QED) is 0.576. The van der Waals surface area contributed by atoms with Crippen LogP contribution in [0.4, 0.5) is 5.82 Å². The second-order valence-electron chi connectivity index (χ2n) is 3.40. The Labute approximate surface area is 96.4 Å². The average Bonchev–Trinajstić information content (AvgIpc) is 2.14. The largest absolute Gasteiger partial charge is 0.481 e. The number of carboxylic acid groups (broad SMARTS) is 1. The first kappa shape index (κ1) is 13.2. The highest BCUT2D eigenvalue weighted by Gasteiger charge is 2.16. The van der Waals surface area contributed by atoms with E-state index in [1.54, 1.807) is 0 Å². The van der Waals surface area contributed by atoms with Crippen LogP contribution >= 0.6 is 0 Å². The maximum Gasteiger partial charge on any atom is 0.303 e. The zero-order valence-corrected chi connectivity index (χ0v) is 9.74. The minimum absolute atomic E-state index is 0.0280. The number of nitrogen functional groups attached to an aromatic ring is 1. The summed E-state index contributed by atoms with van der Waals surface area (Å²) in [5, 5.41) is 7.94. The summed E-state index contributed by atoms with van der Waals surface area (Å²) in [6.07, 6.45) is 0.488. The fourth-order valence-electron chi connectivity index (χ4n) is 1.14. The van der Waals surface area contributed by atoms with Gasteiger partial charge in [0.25, 0.3) is 5.56 Å². The Morgan fingerprint density at radius 1 is 1.53 bits per heavy atom. The van der Waals surface area contributed by atoms with Crippen LogP contribution in [0.2, 0.25) is 0 Å². The minimum atomic E-state index is -3.66. The van der Waals surface area contributed by atoms with Crippen molar-refractivity contribution in [3.63, 3.8) is 0 Å². The zero-order chi connectivity index (χ0) is 13.2. The van der Waals surface area contributed by atoms with Crippen LogP contribution in [-0.2, 0) is 21.1 Å². The van der Waals surface area contributed by atoms with E-state index in [1.165, 1.54) is 0 Å². The molecule has 0 aromatic carbocycles. The van der Waals surface area contributed by atoms with E-state index in [9.17, 15) is 18.0 Å². The van der Waals surface area contributed by atoms with Crippen LogP contribution in [0, 0.1) is 0 Å². The van der Waals surface area contributed by atoms with E-state index >= 15 is 0 Å². The van der Waals surface area contributed by atoms with Gasteiger partial charge in [0.2, 0.25) is 15.0 Å². The number of hydrogen-bond acceptors (Lipinski definition) is 6. The predicted molar refractivity (Wildman–Crippen MR) is 58.3 cm³/mol. The molecule has 0 aliphatic carbocycles. The molecule has 1 aromatic heterocycles. The van der Waals surface area contributed by atoms with Crippen molar-refractivity contribution < 1.29 is 18.3 Å². The Morgan fingerprint density at radius 2 is 2.12 bits per heavy atom. The third-order valence-electron chi connectivity index (χ3n) is 1.97. The number of nitrogens with one attached hydrogen (secondary N) is 1. The Hall–Kier alpha value is -1.90. The summed E-state index contributed by atoms with van der Waals surface area (Å²) in [6.45, 7) is 0. The Kier molecular flexibility index (Phi) is 3.51. The molecule has 0 atom stereocenters. The molecule has 0 bridgehead atoms. The Morgan fingerprint density at radius 3 is 2.53 bits per heavy atom. The summed E-state index contributed by atoms with van der Waals surface area (Å²) in [6, 6.07) is 0. The van der Waals surface area contributed by atoms with Crippen LogP contribution in [0.25, 0.3) is 0 Å². The first-order chi connectivity index (χ1) is 7.71. The number of hydrogen-bond donors (Lipinski definition) is 3. The molecule has 8 nitrogen and oxygen atoms in total. The molecule has 0 radical (unpaired) electrons. The molecule has 0 saturated carbocycles. The van der Waals surface area contributed by atoms with Crippen LogP contribution in [-0.4, -0.2) is 35.7 Å². The van der Waals surface area contributed by atoms with Crippen LogP contribution in [0.15, 0.2) is 9.95 Å². The first-order valence-corrected chi connectivity index (χ1v) is 6.41. The van der Waals surface area contributed by atoms with E-state index in [4.69, 9.17) is 10.8 Å². The molecule has 4 N–H and O–H groups in total. The lowest BCUT2D eigenvalue weighted by Crippen LogP contribution is -2.22. The van der Waals surface area contributed by atoms with Crippen molar-refractivity contribution in [1.82, 2.24) is 9.97 Å². The fourth-order valence-corrected chi connectivity index (χ4v) is 1.69. The van der Waals surface area contributed by atoms with Gasteiger partial charge in [-0.1, -0.05) is 0 Å². The summed E-state index contributed by atoms with van der Waals surface area (Å²) >= 11 is 0. The second-order valence-corrected chi connectivity index (χ2v) is 5.33. The Balaban J connectivity index is 3.21. The normalized spacial score (nSPS) is 11.4. The number of aliphatic carboxylic acids is 1. The first-order valence-electron chi connectivity index (χ1n) is 4.52. The number of carboxylic acids is 1. The molecule has 17 heavy (non-hydrogen) atoms. The van der Waals surface area contributed by atoms with Gasteiger partial charge in [-0.2, -0.15) is 0 Å². The predicted octanol–water partition coefficient (Wildman–Crippen LogP) is -1.23. The lowest BCUT2D eigenvalue weighted by atomic mass is 10.2. The van der Waals surface area contributed by atoms with Gasteiger partial charge in [-0.25, -0.2) is 13.4 Å². The molecule has 0 spiro atoms. The highest BCUT2D eigenvalue weighted by molar-refractivity contribution is 7.90. The van der Waals surface area contributed by atoms with Crippen molar-refractivity contribution in [2.24, 2.45) is 0 Å². The summed E-state index contributed by atoms with van der Waals surface area (Å²) in [4.78, 5) is 27.4. The maximum absolute atomic E-state index is 11.5. The minimum Gasteiger partial charge on any atom is -0.481 e. The van der Waals surface area contributed by atoms with Gasteiger partial charge in [0.05, 0.1) is 5.56 Å². The average molecular weight is 261 g/mol. The van der Waals surface area contributed by atoms with Crippen molar-refractivity contribution in [3.8, 4) is 0 Å². The maximum atomic E-state index is 11.5. The molecule has 1 aromatic rings. The number of anilines is 1. The number of H-pyrrole nitrogens is 1. The summed E-state index contributed by atoms with van der Waals surface area (Å²) in [5.74, 6) is -1.36. The zero-order valence-electron chi connectivity index (χ0n) is 8.93. The Bertz CT molecular complexity index is 604. The van der Waals surface area contributed by atoms with Gasteiger partial charge in [0.15, 0.2) is 0 Å². The van der Waals surface area contributed by atoms with Crippen molar-refractivity contribution >= 4 is 21.6 Å². The summed E-state index contributed by atoms with van der Waals surface area (Å²) in [5.41, 5.74) is 4.65. The van der Waals surface area contributed by atoms with Gasteiger partial charge < -0.3 is 10.8 Å². The topological polar surface area (TPSA) is 143 Å². The molecule has 0 amide bonds. The van der Waals surface area contributed by atoms with Crippen LogP contribution in [0.1, 0.15) is 12.0 Å². The molecule has 0 aliphatic rings. The SMILES string of the molecule is CS(=O)(=O)c1nc(N)c(CCC(=O)O)c(=O)[nH]1. The standard InChI is InChI=1S/C8H11N3O5S/c1-17(15,16)8-10-6(9)4(7(14)11-8)2-3-5(12)13/h2-3H2,1H3,(H,12,13)(H3,9,10,11,14). The van der Waals surface area contributed by atoms with Gasteiger partial charge in [0.1, 0.15) is 5.82 Å². The highest BCUT2D eigenvalue weighted by Crippen LogP contribution is 2.08. The number of aromatic nitrogens is 2. The smallest absolute Gasteiger partial charge is 0.303 e. The van der Waals surface area contributed by atoms with E-state index in [0.717, 1.165) is 6.26 Å². The number of aromatic amines is 1. The molecular weight excluding hydrogens is 250 g/mol. The second kappa shape index (κ2) is 4.53. The molecule has 0 fully saturated rings. The third kappa shape index (κ3) is 3.28. The van der Waals surface area contributed by atoms with Gasteiger partial charge in [-0.15, -0.1) is 0 Å². The fraction of sp³-hybridized carbons (Fsp3) is 0.375. The lowest BCUT2D eigenvalue weighted by molar-refractivity contribution is -0.136. The van der Waals surface area contributed by atoms with E-state index in [-0.39, 0.29) is 24.2 Å². The van der Waals surface area contributed by atoms with E-state index in [0.29, 0.717) is 0 Å². The van der Waals surface area contributed by atoms with Crippen molar-refractivity contribution in [2.45, 2.75) is 18.0 Å². The highest BCUT2D eigenvalue weighted by atomic mass is 32.2. The van der Waals surface area contributed by atoms with E-state index in [2.05, 4.69) is 9.97 Å². The number of nitrogens with two attached hydrogens (primary N) is 1. The molecule has 0 saturated heterocycles. The number of nitrogens with zero attached hydrogens (tertiary/aromatic N) is 1. The van der Waals surface area contributed by atoms with Gasteiger partial charge >= 0.3 is 5.97 Å². The third-order valence-corrected chi connectivity index (χ3v) is 2.86. The van der Waals surface area contributed by atoms with Crippen molar-refractivity contribution in [3.05, 3.63) is 15.9 Å². The number of sulfone groups is 1. The van der Waals surface area contributed by atoms with Crippen LogP contribution in [0.5, 0.6) is 0 Å².